The van der Waals surface area contributed by atoms with Crippen molar-refractivity contribution in [3.8, 4) is 0 Å². The van der Waals surface area contributed by atoms with Gasteiger partial charge in [-0.3, -0.25) is 37.3 Å². The molecule has 92 heavy (non-hydrogen) atoms. The Morgan fingerprint density at radius 3 is 0.739 bits per heavy atom. The molecule has 0 fully saturated rings. The molecule has 17 nitrogen and oxygen atoms in total. The summed E-state index contributed by atoms with van der Waals surface area (Å²) in [5.74, 6) is -1.47. The molecule has 546 valence electrons. The first-order valence-corrected chi connectivity index (χ1v) is 41.1. The lowest BCUT2D eigenvalue weighted by Crippen LogP contribution is -2.30. The van der Waals surface area contributed by atoms with E-state index in [1.807, 2.05) is 0 Å². The molecule has 0 amide bonds. The van der Waals surface area contributed by atoms with E-state index in [4.69, 9.17) is 37.0 Å². The third kappa shape index (κ3) is 66.7. The van der Waals surface area contributed by atoms with Gasteiger partial charge in [-0.2, -0.15) is 0 Å². The second kappa shape index (κ2) is 66.3. The maximum atomic E-state index is 13.1. The van der Waals surface area contributed by atoms with Crippen molar-refractivity contribution in [3.63, 3.8) is 0 Å². The van der Waals surface area contributed by atoms with E-state index in [0.717, 1.165) is 96.3 Å². The normalized spacial score (nSPS) is 14.0. The van der Waals surface area contributed by atoms with Gasteiger partial charge in [-0.05, 0) is 31.6 Å². The van der Waals surface area contributed by atoms with Crippen molar-refractivity contribution >= 4 is 39.5 Å². The van der Waals surface area contributed by atoms with Gasteiger partial charge in [0.2, 0.25) is 0 Å². The molecular weight excluding hydrogens is 1210 g/mol. The van der Waals surface area contributed by atoms with Crippen molar-refractivity contribution in [3.05, 3.63) is 0 Å². The largest absolute Gasteiger partial charge is 0.472 e. The van der Waals surface area contributed by atoms with Gasteiger partial charge in [0.15, 0.2) is 12.2 Å². The molecule has 0 aromatic rings. The van der Waals surface area contributed by atoms with Crippen LogP contribution < -0.4 is 0 Å². The Bertz CT molecular complexity index is 1770. The molecule has 0 heterocycles. The molecule has 3 N–H and O–H groups in total. The van der Waals surface area contributed by atoms with Crippen LogP contribution in [0.15, 0.2) is 0 Å². The average Bonchev–Trinajstić information content (AvgIpc) is 3.26. The zero-order valence-electron chi connectivity index (χ0n) is 59.7. The highest BCUT2D eigenvalue weighted by molar-refractivity contribution is 7.47. The van der Waals surface area contributed by atoms with Crippen molar-refractivity contribution < 1.29 is 80.2 Å². The minimum absolute atomic E-state index is 0.102. The topological polar surface area (TPSA) is 237 Å². The summed E-state index contributed by atoms with van der Waals surface area (Å²) in [6.45, 7) is 7.08. The van der Waals surface area contributed by atoms with E-state index >= 15 is 0 Å². The van der Waals surface area contributed by atoms with Gasteiger partial charge in [-0.15, -0.1) is 0 Å². The molecule has 0 aliphatic heterocycles. The van der Waals surface area contributed by atoms with Gasteiger partial charge in [0.05, 0.1) is 26.4 Å². The number of ether oxygens (including phenoxy) is 4. The lowest BCUT2D eigenvalue weighted by molar-refractivity contribution is -0.161. The van der Waals surface area contributed by atoms with Crippen molar-refractivity contribution in [2.24, 2.45) is 5.92 Å². The van der Waals surface area contributed by atoms with E-state index in [-0.39, 0.29) is 25.7 Å². The summed E-state index contributed by atoms with van der Waals surface area (Å²) >= 11 is 0. The molecule has 2 unspecified atom stereocenters. The monoisotopic (exact) mass is 1350 g/mol. The van der Waals surface area contributed by atoms with Crippen LogP contribution in [0.25, 0.3) is 0 Å². The maximum Gasteiger partial charge on any atom is 0.472 e. The van der Waals surface area contributed by atoms with Gasteiger partial charge in [-0.25, -0.2) is 9.13 Å². The van der Waals surface area contributed by atoms with Gasteiger partial charge in [0, 0.05) is 25.7 Å². The van der Waals surface area contributed by atoms with E-state index in [1.165, 1.54) is 199 Å². The average molecular weight is 1350 g/mol. The Morgan fingerprint density at radius 2 is 0.500 bits per heavy atom. The van der Waals surface area contributed by atoms with Crippen LogP contribution in [0.5, 0.6) is 0 Å². The first-order chi connectivity index (χ1) is 44.5. The first-order valence-electron chi connectivity index (χ1n) is 38.1. The maximum absolute atomic E-state index is 13.1. The van der Waals surface area contributed by atoms with E-state index in [1.54, 1.807) is 0 Å². The summed E-state index contributed by atoms with van der Waals surface area (Å²) in [4.78, 5) is 72.3. The predicted octanol–water partition coefficient (Wildman–Crippen LogP) is 21.3. The van der Waals surface area contributed by atoms with Crippen LogP contribution in [-0.4, -0.2) is 96.7 Å². The molecule has 0 aliphatic rings. The summed E-state index contributed by atoms with van der Waals surface area (Å²) in [5, 5.41) is 10.6. The molecule has 0 saturated carbocycles. The molecule has 5 atom stereocenters. The standard InChI is InChI=1S/C73H142O17P2/c1-6-9-12-15-17-19-21-23-25-27-29-31-33-35-37-39-41-47-52-57-71(76)84-63-69(89-72(77)58-53-48-42-40-38-36-34-32-30-28-26-24-22-20-18-16-13-10-7-2)65-88-92(81,82)86-61-67(74)60-85-91(79,80)87-64-68(62-83-70(75)56-51-45-14-11-8-3)90-73(78)59-54-49-44-43-46-50-55-66(4)5/h66-69,74H,6-65H2,1-5H3,(H,79,80)(H,81,82)/t67-,68+,69+/m0/s1. The third-order valence-electron chi connectivity index (χ3n) is 17.0. The summed E-state index contributed by atoms with van der Waals surface area (Å²) in [5.41, 5.74) is 0. The Kier molecular flexibility index (Phi) is 64.9. The van der Waals surface area contributed by atoms with Crippen molar-refractivity contribution in [2.75, 3.05) is 39.6 Å². The van der Waals surface area contributed by atoms with Crippen LogP contribution in [0.3, 0.4) is 0 Å². The number of carbonyl (C=O) groups excluding carboxylic acids is 4. The fourth-order valence-corrected chi connectivity index (χ4v) is 12.8. The summed E-state index contributed by atoms with van der Waals surface area (Å²) in [7, 11) is -9.89. The number of rotatable bonds is 73. The molecule has 0 rings (SSSR count). The summed E-state index contributed by atoms with van der Waals surface area (Å²) in [6, 6.07) is 0. The van der Waals surface area contributed by atoms with Crippen LogP contribution >= 0.6 is 15.6 Å². The van der Waals surface area contributed by atoms with E-state index in [0.29, 0.717) is 31.6 Å². The Hall–Kier alpha value is -1.94. The third-order valence-corrected chi connectivity index (χ3v) is 18.9. The number of hydrogen-bond acceptors (Lipinski definition) is 15. The Labute approximate surface area is 562 Å². The van der Waals surface area contributed by atoms with Gasteiger partial charge in [0.1, 0.15) is 19.3 Å². The van der Waals surface area contributed by atoms with E-state index in [2.05, 4.69) is 34.6 Å². The molecule has 19 heteroatoms. The zero-order chi connectivity index (χ0) is 67.7. The Balaban J connectivity index is 5.11. The van der Waals surface area contributed by atoms with Crippen molar-refractivity contribution in [1.29, 1.82) is 0 Å². The lowest BCUT2D eigenvalue weighted by atomic mass is 10.0. The van der Waals surface area contributed by atoms with Gasteiger partial charge in [0.25, 0.3) is 0 Å². The van der Waals surface area contributed by atoms with Crippen LogP contribution in [0, 0.1) is 5.92 Å². The van der Waals surface area contributed by atoms with Gasteiger partial charge < -0.3 is 33.8 Å². The number of phosphoric acid groups is 2. The predicted molar refractivity (Wildman–Crippen MR) is 372 cm³/mol. The highest BCUT2D eigenvalue weighted by Gasteiger charge is 2.30. The second-order valence-electron chi connectivity index (χ2n) is 26.8. The molecule has 0 aliphatic carbocycles. The minimum Gasteiger partial charge on any atom is -0.462 e. The van der Waals surface area contributed by atoms with Gasteiger partial charge >= 0.3 is 39.5 Å². The van der Waals surface area contributed by atoms with Crippen LogP contribution in [0.1, 0.15) is 381 Å². The number of phosphoric ester groups is 2. The number of aliphatic hydroxyl groups is 1. The van der Waals surface area contributed by atoms with Gasteiger partial charge in [-0.1, -0.05) is 330 Å². The molecular formula is C73H142O17P2. The Morgan fingerprint density at radius 1 is 0.293 bits per heavy atom. The number of aliphatic hydroxyl groups excluding tert-OH is 1. The number of unbranched alkanes of at least 4 members (excludes halogenated alkanes) is 45. The zero-order valence-corrected chi connectivity index (χ0v) is 61.5. The highest BCUT2D eigenvalue weighted by Crippen LogP contribution is 2.45. The number of carbonyl (C=O) groups is 4. The summed E-state index contributed by atoms with van der Waals surface area (Å²) < 4.78 is 68.1. The molecule has 0 spiro atoms. The molecule has 0 saturated heterocycles. The fourth-order valence-electron chi connectivity index (χ4n) is 11.2. The van der Waals surface area contributed by atoms with Crippen LogP contribution in [0.2, 0.25) is 0 Å². The molecule has 0 aromatic carbocycles. The van der Waals surface area contributed by atoms with Crippen LogP contribution in [-0.2, 0) is 65.4 Å². The van der Waals surface area contributed by atoms with Crippen LogP contribution in [0.4, 0.5) is 0 Å². The molecule has 0 bridgehead atoms. The van der Waals surface area contributed by atoms with Crippen molar-refractivity contribution in [1.82, 2.24) is 0 Å². The summed E-state index contributed by atoms with van der Waals surface area (Å²) in [6.07, 6.45) is 54.9. The quantitative estimate of drug-likeness (QED) is 0.0222. The fraction of sp³-hybridized carbons (Fsp3) is 0.945. The van der Waals surface area contributed by atoms with E-state index in [9.17, 15) is 43.2 Å². The lowest BCUT2D eigenvalue weighted by Gasteiger charge is -2.21. The van der Waals surface area contributed by atoms with Crippen molar-refractivity contribution in [2.45, 2.75) is 400 Å². The molecule has 0 aromatic heterocycles. The highest BCUT2D eigenvalue weighted by atomic mass is 31.2. The molecule has 0 radical (unpaired) electrons. The minimum atomic E-state index is -4.95. The first kappa shape index (κ1) is 90.1. The second-order valence-corrected chi connectivity index (χ2v) is 29.7. The number of esters is 4. The number of hydrogen-bond donors (Lipinski definition) is 3. The van der Waals surface area contributed by atoms with E-state index < -0.39 is 97.5 Å². The smallest absolute Gasteiger partial charge is 0.462 e. The SMILES string of the molecule is CCCCCCCCCCCCCCCCCCCCCC(=O)OC[C@H](COP(=O)(O)OC[C@@H](O)COP(=O)(O)OC[C@@H](COC(=O)CCCCCCC)OC(=O)CCCCCCCCC(C)C)OC(=O)CCCCCCCCCCCCCCCCCCCCC.